The quantitative estimate of drug-likeness (QED) is 0.411. The van der Waals surface area contributed by atoms with E-state index in [1.165, 1.54) is 0 Å². The molecule has 1 saturated heterocycles. The minimum atomic E-state index is -1.39. The van der Waals surface area contributed by atoms with Crippen molar-refractivity contribution in [3.63, 3.8) is 0 Å². The van der Waals surface area contributed by atoms with Gasteiger partial charge in [-0.1, -0.05) is 0 Å². The number of hydrogen-bond donors (Lipinski definition) is 4. The number of ether oxygens (including phenoxy) is 2. The third-order valence-electron chi connectivity index (χ3n) is 2.74. The summed E-state index contributed by atoms with van der Waals surface area (Å²) in [6.45, 7) is 0.434. The van der Waals surface area contributed by atoms with E-state index < -0.39 is 37.1 Å². The fraction of sp³-hybridized carbons (Fsp3) is 0.889. The predicted octanol–water partition coefficient (Wildman–Crippen LogP) is -2.74. The Morgan fingerprint density at radius 1 is 1.19 bits per heavy atom. The molecule has 7 heteroatoms. The van der Waals surface area contributed by atoms with Gasteiger partial charge in [0, 0.05) is 0 Å². The molecule has 0 saturated carbocycles. The third-order valence-corrected chi connectivity index (χ3v) is 2.74. The molecular weight excluding hydrogens is 218 g/mol. The first-order valence-electron chi connectivity index (χ1n) is 5.13. The highest BCUT2D eigenvalue weighted by molar-refractivity contribution is 5.82. The first-order valence-corrected chi connectivity index (χ1v) is 5.13. The van der Waals surface area contributed by atoms with Gasteiger partial charge < -0.3 is 29.9 Å². The van der Waals surface area contributed by atoms with Crippen LogP contribution in [0.4, 0.5) is 0 Å². The fourth-order valence-corrected chi connectivity index (χ4v) is 1.83. The molecule has 7 nitrogen and oxygen atoms in total. The van der Waals surface area contributed by atoms with Gasteiger partial charge in [0.2, 0.25) is 5.90 Å². The van der Waals surface area contributed by atoms with E-state index in [1.807, 2.05) is 0 Å². The lowest BCUT2D eigenvalue weighted by Crippen LogP contribution is -2.60. The average Bonchev–Trinajstić information content (AvgIpc) is 2.80. The molecule has 0 radical (unpaired) electrons. The zero-order chi connectivity index (χ0) is 11.7. The highest BCUT2D eigenvalue weighted by Crippen LogP contribution is 2.23. The van der Waals surface area contributed by atoms with Crippen LogP contribution in [0.25, 0.3) is 0 Å². The summed E-state index contributed by atoms with van der Waals surface area (Å²) in [4.78, 5) is 3.97. The van der Waals surface area contributed by atoms with Crippen LogP contribution in [0, 0.1) is 0 Å². The summed E-state index contributed by atoms with van der Waals surface area (Å²) in [5, 5.41) is 37.7. The summed E-state index contributed by atoms with van der Waals surface area (Å²) in [6, 6.07) is 0. The largest absolute Gasteiger partial charge is 0.477 e. The van der Waals surface area contributed by atoms with Crippen molar-refractivity contribution in [2.24, 2.45) is 4.99 Å². The van der Waals surface area contributed by atoms with Crippen LogP contribution >= 0.6 is 0 Å². The van der Waals surface area contributed by atoms with Gasteiger partial charge >= 0.3 is 0 Å². The minimum Gasteiger partial charge on any atom is -0.477 e. The molecule has 2 aliphatic heterocycles. The number of aliphatic hydroxyl groups excluding tert-OH is 4. The Labute approximate surface area is 91.9 Å². The predicted molar refractivity (Wildman–Crippen MR) is 52.0 cm³/mol. The van der Waals surface area contributed by atoms with E-state index in [-0.39, 0.29) is 5.90 Å². The van der Waals surface area contributed by atoms with Gasteiger partial charge in [-0.2, -0.15) is 0 Å². The molecule has 2 aliphatic rings. The lowest BCUT2D eigenvalue weighted by atomic mass is 9.95. The molecule has 0 aromatic carbocycles. The van der Waals surface area contributed by atoms with Gasteiger partial charge in [0.05, 0.1) is 13.2 Å². The van der Waals surface area contributed by atoms with Crippen molar-refractivity contribution in [2.75, 3.05) is 19.8 Å². The van der Waals surface area contributed by atoms with Gasteiger partial charge in [0.25, 0.3) is 0 Å². The topological polar surface area (TPSA) is 112 Å². The Kier molecular flexibility index (Phi) is 3.41. The van der Waals surface area contributed by atoms with Gasteiger partial charge in [-0.25, -0.2) is 4.99 Å². The summed E-state index contributed by atoms with van der Waals surface area (Å²) in [7, 11) is 0. The van der Waals surface area contributed by atoms with Gasteiger partial charge in [-0.15, -0.1) is 0 Å². The average molecular weight is 233 g/mol. The second-order valence-electron chi connectivity index (χ2n) is 3.82. The fourth-order valence-electron chi connectivity index (χ4n) is 1.83. The van der Waals surface area contributed by atoms with Crippen LogP contribution < -0.4 is 0 Å². The molecule has 4 N–H and O–H groups in total. The molecule has 0 amide bonds. The molecule has 2 rings (SSSR count). The highest BCUT2D eigenvalue weighted by Gasteiger charge is 2.46. The molecule has 1 unspecified atom stereocenters. The molecule has 2 heterocycles. The lowest BCUT2D eigenvalue weighted by Gasteiger charge is -2.39. The summed E-state index contributed by atoms with van der Waals surface area (Å²) in [6.07, 6.45) is -5.90. The van der Waals surface area contributed by atoms with Gasteiger partial charge in [0.15, 0.2) is 6.10 Å². The maximum atomic E-state index is 9.70. The Morgan fingerprint density at radius 2 is 1.94 bits per heavy atom. The molecule has 5 atom stereocenters. The van der Waals surface area contributed by atoms with E-state index in [0.717, 1.165) is 0 Å². The number of rotatable bonds is 2. The molecule has 1 fully saturated rings. The molecule has 0 aromatic heterocycles. The first kappa shape index (κ1) is 11.7. The number of aliphatic imine (C=N–C) groups is 1. The third kappa shape index (κ3) is 1.92. The zero-order valence-electron chi connectivity index (χ0n) is 8.56. The standard InChI is InChI=1S/C9H15NO6/c11-3-4-5(12)6(13)7(14)8(16-4)9-10-1-2-15-9/h4-8,11-14H,1-3H2/t4-,5-,6+,7-,8?/m1/s1. The SMILES string of the molecule is OC[C@H]1OC(C2=NCCO2)[C@H](O)[C@@H](O)[C@@H]1O. The first-order chi connectivity index (χ1) is 7.65. The van der Waals surface area contributed by atoms with E-state index in [2.05, 4.69) is 4.99 Å². The maximum absolute atomic E-state index is 9.70. The van der Waals surface area contributed by atoms with Crippen molar-refractivity contribution in [2.45, 2.75) is 30.5 Å². The van der Waals surface area contributed by atoms with Gasteiger partial charge in [-0.3, -0.25) is 0 Å². The Morgan fingerprint density at radius 3 is 2.50 bits per heavy atom. The van der Waals surface area contributed by atoms with E-state index in [9.17, 15) is 15.3 Å². The minimum absolute atomic E-state index is 0.205. The Balaban J connectivity index is 2.13. The monoisotopic (exact) mass is 233 g/mol. The van der Waals surface area contributed by atoms with Crippen molar-refractivity contribution in [1.82, 2.24) is 0 Å². The van der Waals surface area contributed by atoms with E-state index in [4.69, 9.17) is 14.6 Å². The van der Waals surface area contributed by atoms with Crippen LogP contribution in [-0.4, -0.2) is 76.6 Å². The van der Waals surface area contributed by atoms with Crippen LogP contribution in [0.5, 0.6) is 0 Å². The maximum Gasteiger partial charge on any atom is 0.216 e. The highest BCUT2D eigenvalue weighted by atomic mass is 16.6. The number of nitrogens with zero attached hydrogens (tertiary/aromatic N) is 1. The zero-order valence-corrected chi connectivity index (χ0v) is 8.56. The number of aliphatic hydroxyl groups is 4. The lowest BCUT2D eigenvalue weighted by molar-refractivity contribution is -0.214. The molecule has 0 aliphatic carbocycles. The van der Waals surface area contributed by atoms with Crippen LogP contribution in [0.2, 0.25) is 0 Å². The van der Waals surface area contributed by atoms with E-state index >= 15 is 0 Å². The molecule has 16 heavy (non-hydrogen) atoms. The second kappa shape index (κ2) is 4.64. The molecular formula is C9H15NO6. The van der Waals surface area contributed by atoms with Crippen molar-refractivity contribution in [3.05, 3.63) is 0 Å². The second-order valence-corrected chi connectivity index (χ2v) is 3.82. The van der Waals surface area contributed by atoms with Crippen molar-refractivity contribution in [3.8, 4) is 0 Å². The van der Waals surface area contributed by atoms with Crippen LogP contribution in [-0.2, 0) is 9.47 Å². The molecule has 92 valence electrons. The van der Waals surface area contributed by atoms with E-state index in [1.54, 1.807) is 0 Å². The van der Waals surface area contributed by atoms with Crippen LogP contribution in [0.15, 0.2) is 4.99 Å². The molecule has 0 aromatic rings. The van der Waals surface area contributed by atoms with Gasteiger partial charge in [0.1, 0.15) is 31.0 Å². The normalized spacial score (nSPS) is 44.0. The summed E-state index contributed by atoms with van der Waals surface area (Å²) >= 11 is 0. The van der Waals surface area contributed by atoms with Gasteiger partial charge in [-0.05, 0) is 0 Å². The summed E-state index contributed by atoms with van der Waals surface area (Å²) in [5.74, 6) is 0.205. The molecule has 0 bridgehead atoms. The smallest absolute Gasteiger partial charge is 0.216 e. The summed E-state index contributed by atoms with van der Waals surface area (Å²) in [5.41, 5.74) is 0. The van der Waals surface area contributed by atoms with Crippen LogP contribution in [0.3, 0.4) is 0 Å². The Hall–Kier alpha value is -0.730. The summed E-state index contributed by atoms with van der Waals surface area (Å²) < 4.78 is 10.4. The van der Waals surface area contributed by atoms with E-state index in [0.29, 0.717) is 13.2 Å². The van der Waals surface area contributed by atoms with Crippen molar-refractivity contribution >= 4 is 5.90 Å². The van der Waals surface area contributed by atoms with Crippen molar-refractivity contribution in [1.29, 1.82) is 0 Å². The van der Waals surface area contributed by atoms with Crippen molar-refractivity contribution < 1.29 is 29.9 Å². The Bertz CT molecular complexity index is 281. The molecule has 0 spiro atoms. The number of hydrogen-bond acceptors (Lipinski definition) is 7. The van der Waals surface area contributed by atoms with Crippen LogP contribution in [0.1, 0.15) is 0 Å².